The monoisotopic (exact) mass is 407 g/mol. The molecule has 1 aliphatic rings. The molecule has 0 aliphatic carbocycles. The van der Waals surface area contributed by atoms with Crippen molar-refractivity contribution in [2.24, 2.45) is 7.05 Å². The SMILES string of the molecule is Cc1ccc([C@H]2S[C@H](C)C(=O)N2c2c(C)n(C)n(-c3ccccc3)c2=O)cc1C. The molecule has 0 radical (unpaired) electrons. The maximum absolute atomic E-state index is 13.5. The lowest BCUT2D eigenvalue weighted by atomic mass is 10.1. The van der Waals surface area contributed by atoms with Crippen LogP contribution in [0.25, 0.3) is 5.69 Å². The summed E-state index contributed by atoms with van der Waals surface area (Å²) in [5.41, 5.74) is 5.28. The van der Waals surface area contributed by atoms with Crippen molar-refractivity contribution in [3.05, 3.63) is 81.3 Å². The molecule has 29 heavy (non-hydrogen) atoms. The van der Waals surface area contributed by atoms with Gasteiger partial charge in [0.15, 0.2) is 0 Å². The molecule has 6 heteroatoms. The van der Waals surface area contributed by atoms with Gasteiger partial charge in [0.2, 0.25) is 5.91 Å². The molecule has 4 rings (SSSR count). The van der Waals surface area contributed by atoms with Gasteiger partial charge >= 0.3 is 0 Å². The molecule has 1 amide bonds. The van der Waals surface area contributed by atoms with Crippen LogP contribution >= 0.6 is 11.8 Å². The van der Waals surface area contributed by atoms with Crippen LogP contribution in [0, 0.1) is 20.8 Å². The number of benzene rings is 2. The van der Waals surface area contributed by atoms with E-state index in [1.807, 2.05) is 55.9 Å². The molecule has 150 valence electrons. The second-order valence-corrected chi connectivity index (χ2v) is 9.02. The summed E-state index contributed by atoms with van der Waals surface area (Å²) in [6.45, 7) is 7.96. The molecule has 2 aromatic carbocycles. The molecule has 1 aromatic heterocycles. The predicted molar refractivity (Wildman–Crippen MR) is 119 cm³/mol. The first-order valence-corrected chi connectivity index (χ1v) is 10.6. The summed E-state index contributed by atoms with van der Waals surface area (Å²) in [6, 6.07) is 15.8. The molecule has 1 saturated heterocycles. The van der Waals surface area contributed by atoms with Crippen molar-refractivity contribution in [2.75, 3.05) is 4.90 Å². The number of amides is 1. The highest BCUT2D eigenvalue weighted by Gasteiger charge is 2.42. The highest BCUT2D eigenvalue weighted by Crippen LogP contribution is 2.45. The highest BCUT2D eigenvalue weighted by atomic mass is 32.2. The maximum Gasteiger partial charge on any atom is 0.295 e. The lowest BCUT2D eigenvalue weighted by Crippen LogP contribution is -2.34. The normalized spacial score (nSPS) is 19.2. The van der Waals surface area contributed by atoms with Gasteiger partial charge in [0.05, 0.1) is 16.6 Å². The zero-order valence-corrected chi connectivity index (χ0v) is 18.2. The van der Waals surface area contributed by atoms with Crippen molar-refractivity contribution >= 4 is 23.4 Å². The summed E-state index contributed by atoms with van der Waals surface area (Å²) in [5, 5.41) is -0.416. The first-order valence-electron chi connectivity index (χ1n) is 9.71. The Labute approximate surface area is 174 Å². The number of anilines is 1. The van der Waals surface area contributed by atoms with Gasteiger partial charge in [-0.1, -0.05) is 36.4 Å². The second kappa shape index (κ2) is 7.26. The molecular formula is C23H25N3O2S. The fourth-order valence-corrected chi connectivity index (χ4v) is 5.08. The van der Waals surface area contributed by atoms with Crippen molar-refractivity contribution < 1.29 is 4.79 Å². The Morgan fingerprint density at radius 2 is 1.62 bits per heavy atom. The van der Waals surface area contributed by atoms with Crippen LogP contribution < -0.4 is 10.5 Å². The average molecular weight is 408 g/mol. The van der Waals surface area contributed by atoms with E-state index in [1.165, 1.54) is 11.1 Å². The van der Waals surface area contributed by atoms with E-state index < -0.39 is 0 Å². The maximum atomic E-state index is 13.5. The number of aryl methyl sites for hydroxylation is 2. The third-order valence-electron chi connectivity index (χ3n) is 5.73. The molecule has 0 unspecified atom stereocenters. The van der Waals surface area contributed by atoms with Gasteiger partial charge in [-0.15, -0.1) is 11.8 Å². The molecule has 0 spiro atoms. The minimum Gasteiger partial charge on any atom is -0.288 e. The number of hydrogen-bond donors (Lipinski definition) is 0. The lowest BCUT2D eigenvalue weighted by molar-refractivity contribution is -0.117. The summed E-state index contributed by atoms with van der Waals surface area (Å²) in [4.78, 5) is 28.3. The van der Waals surface area contributed by atoms with E-state index in [4.69, 9.17) is 0 Å². The zero-order valence-electron chi connectivity index (χ0n) is 17.3. The standard InChI is InChI=1S/C23H25N3O2S/c1-14-11-12-18(13-15(14)2)23-25(21(27)17(4)29-23)20-16(3)24(5)26(22(20)28)19-9-7-6-8-10-19/h6-13,17,23H,1-5H3/t17-,23-/m1/s1. The Balaban J connectivity index is 1.89. The first-order chi connectivity index (χ1) is 13.8. The van der Waals surface area contributed by atoms with E-state index in [0.29, 0.717) is 5.69 Å². The zero-order chi connectivity index (χ0) is 20.9. The van der Waals surface area contributed by atoms with Gasteiger partial charge in [0.25, 0.3) is 5.56 Å². The number of carbonyl (C=O) groups is 1. The van der Waals surface area contributed by atoms with Crippen LogP contribution in [0.15, 0.2) is 53.3 Å². The molecule has 2 heterocycles. The minimum atomic E-state index is -0.213. The number of para-hydroxylation sites is 1. The Hall–Kier alpha value is -2.73. The number of hydrogen-bond acceptors (Lipinski definition) is 3. The van der Waals surface area contributed by atoms with E-state index in [2.05, 4.69) is 32.0 Å². The van der Waals surface area contributed by atoms with Gasteiger partial charge in [-0.05, 0) is 56.5 Å². The van der Waals surface area contributed by atoms with Crippen molar-refractivity contribution in [2.45, 2.75) is 38.3 Å². The summed E-state index contributed by atoms with van der Waals surface area (Å²) < 4.78 is 3.45. The van der Waals surface area contributed by atoms with Gasteiger partial charge in [0.1, 0.15) is 11.1 Å². The largest absolute Gasteiger partial charge is 0.295 e. The molecule has 2 atom stereocenters. The smallest absolute Gasteiger partial charge is 0.288 e. The number of carbonyl (C=O) groups excluding carboxylic acids is 1. The lowest BCUT2D eigenvalue weighted by Gasteiger charge is -2.23. The molecule has 0 saturated carbocycles. The van der Waals surface area contributed by atoms with Crippen LogP contribution in [0.1, 0.15) is 34.7 Å². The summed E-state index contributed by atoms with van der Waals surface area (Å²) in [6.07, 6.45) is 0. The van der Waals surface area contributed by atoms with Gasteiger partial charge in [0, 0.05) is 7.05 Å². The van der Waals surface area contributed by atoms with Crippen molar-refractivity contribution in [1.29, 1.82) is 0 Å². The van der Waals surface area contributed by atoms with E-state index in [1.54, 1.807) is 21.3 Å². The van der Waals surface area contributed by atoms with Crippen molar-refractivity contribution in [3.63, 3.8) is 0 Å². The molecule has 0 bridgehead atoms. The van der Waals surface area contributed by atoms with E-state index in [0.717, 1.165) is 16.9 Å². The van der Waals surface area contributed by atoms with Crippen LogP contribution in [0.2, 0.25) is 0 Å². The first kappa shape index (κ1) is 19.6. The second-order valence-electron chi connectivity index (χ2n) is 7.59. The molecule has 1 aliphatic heterocycles. The number of thioether (sulfide) groups is 1. The number of rotatable bonds is 3. The minimum absolute atomic E-state index is 0.0239. The van der Waals surface area contributed by atoms with Gasteiger partial charge < -0.3 is 0 Å². The average Bonchev–Trinajstić information content (AvgIpc) is 3.11. The Morgan fingerprint density at radius 3 is 2.28 bits per heavy atom. The molecular weight excluding hydrogens is 382 g/mol. The highest BCUT2D eigenvalue weighted by molar-refractivity contribution is 8.01. The van der Waals surface area contributed by atoms with Crippen LogP contribution in [0.3, 0.4) is 0 Å². The third-order valence-corrected chi connectivity index (χ3v) is 7.08. The van der Waals surface area contributed by atoms with E-state index >= 15 is 0 Å². The van der Waals surface area contributed by atoms with Crippen LogP contribution in [0.5, 0.6) is 0 Å². The fraction of sp³-hybridized carbons (Fsp3) is 0.304. The Kier molecular flexibility index (Phi) is 4.90. The summed E-state index contributed by atoms with van der Waals surface area (Å²) >= 11 is 1.59. The predicted octanol–water partition coefficient (Wildman–Crippen LogP) is 4.27. The van der Waals surface area contributed by atoms with Crippen molar-refractivity contribution in [1.82, 2.24) is 9.36 Å². The van der Waals surface area contributed by atoms with E-state index in [-0.39, 0.29) is 22.1 Å². The molecule has 0 N–H and O–H groups in total. The quantitative estimate of drug-likeness (QED) is 0.651. The van der Waals surface area contributed by atoms with Gasteiger partial charge in [-0.2, -0.15) is 0 Å². The van der Waals surface area contributed by atoms with Crippen LogP contribution in [-0.4, -0.2) is 20.5 Å². The topological polar surface area (TPSA) is 47.2 Å². The number of nitrogens with zero attached hydrogens (tertiary/aromatic N) is 3. The molecule has 1 fully saturated rings. The van der Waals surface area contributed by atoms with Crippen molar-refractivity contribution in [3.8, 4) is 5.69 Å². The summed E-state index contributed by atoms with van der Waals surface area (Å²) in [7, 11) is 1.86. The Bertz CT molecular complexity index is 1150. The van der Waals surface area contributed by atoms with E-state index in [9.17, 15) is 9.59 Å². The Morgan fingerprint density at radius 1 is 0.931 bits per heavy atom. The molecule has 5 nitrogen and oxygen atoms in total. The summed E-state index contributed by atoms with van der Waals surface area (Å²) in [5.74, 6) is -0.0239. The molecule has 3 aromatic rings. The fourth-order valence-electron chi connectivity index (χ4n) is 3.83. The number of aromatic nitrogens is 2. The van der Waals surface area contributed by atoms with Crippen LogP contribution in [0.4, 0.5) is 5.69 Å². The van der Waals surface area contributed by atoms with Crippen LogP contribution in [-0.2, 0) is 11.8 Å². The third kappa shape index (κ3) is 3.12. The van der Waals surface area contributed by atoms with Gasteiger partial charge in [-0.25, -0.2) is 4.68 Å². The van der Waals surface area contributed by atoms with Gasteiger partial charge in [-0.3, -0.25) is 19.2 Å².